The second kappa shape index (κ2) is 6.42. The van der Waals surface area contributed by atoms with E-state index in [0.717, 1.165) is 0 Å². The lowest BCUT2D eigenvalue weighted by molar-refractivity contribution is -0.128. The van der Waals surface area contributed by atoms with E-state index in [2.05, 4.69) is 5.32 Å². The smallest absolute Gasteiger partial charge is 0.223 e. The van der Waals surface area contributed by atoms with Crippen LogP contribution in [-0.4, -0.2) is 43.9 Å². The van der Waals surface area contributed by atoms with Crippen molar-refractivity contribution in [2.24, 2.45) is 5.73 Å². The minimum absolute atomic E-state index is 0.0755. The van der Waals surface area contributed by atoms with Crippen LogP contribution < -0.4 is 11.1 Å². The van der Waals surface area contributed by atoms with Crippen molar-refractivity contribution in [3.63, 3.8) is 0 Å². The van der Waals surface area contributed by atoms with Crippen LogP contribution >= 0.6 is 0 Å². The molecule has 5 nitrogen and oxygen atoms in total. The van der Waals surface area contributed by atoms with Crippen LogP contribution in [0.1, 0.15) is 12.8 Å². The molecule has 0 aliphatic rings. The highest BCUT2D eigenvalue weighted by Gasteiger charge is 2.02. The molecular weight excluding hydrogens is 170 g/mol. The van der Waals surface area contributed by atoms with Crippen LogP contribution in [-0.2, 0) is 9.59 Å². The third kappa shape index (κ3) is 7.27. The monoisotopic (exact) mass is 187 g/mol. The summed E-state index contributed by atoms with van der Waals surface area (Å²) in [5, 5.41) is 2.95. The minimum Gasteiger partial charge on any atom is -0.370 e. The van der Waals surface area contributed by atoms with Gasteiger partial charge in [-0.2, -0.15) is 0 Å². The van der Waals surface area contributed by atoms with E-state index in [4.69, 9.17) is 5.73 Å². The number of nitrogens with zero attached hydrogens (tertiary/aromatic N) is 1. The summed E-state index contributed by atoms with van der Waals surface area (Å²) in [5.41, 5.74) is 4.93. The fraction of sp³-hybridized carbons (Fsp3) is 0.750. The molecule has 0 bridgehead atoms. The van der Waals surface area contributed by atoms with Crippen molar-refractivity contribution in [3.8, 4) is 0 Å². The molecule has 0 aromatic rings. The fourth-order valence-corrected chi connectivity index (χ4v) is 0.756. The standard InChI is InChI=1S/C8H17N3O2/c1-11(2)8(13)4-6-10-5-3-7(9)12/h10H,3-6H2,1-2H3,(H2,9,12). The van der Waals surface area contributed by atoms with E-state index in [0.29, 0.717) is 25.9 Å². The van der Waals surface area contributed by atoms with Crippen LogP contribution in [0.4, 0.5) is 0 Å². The third-order valence-corrected chi connectivity index (χ3v) is 1.56. The van der Waals surface area contributed by atoms with Gasteiger partial charge >= 0.3 is 0 Å². The van der Waals surface area contributed by atoms with Crippen LogP contribution in [0, 0.1) is 0 Å². The number of carbonyl (C=O) groups is 2. The number of carbonyl (C=O) groups excluding carboxylic acids is 2. The Kier molecular flexibility index (Phi) is 5.88. The van der Waals surface area contributed by atoms with Gasteiger partial charge in [-0.15, -0.1) is 0 Å². The van der Waals surface area contributed by atoms with Gasteiger partial charge in [0.1, 0.15) is 0 Å². The van der Waals surface area contributed by atoms with E-state index in [1.165, 1.54) is 4.90 Å². The number of hydrogen-bond donors (Lipinski definition) is 2. The average molecular weight is 187 g/mol. The Morgan fingerprint density at radius 3 is 2.23 bits per heavy atom. The maximum atomic E-state index is 11.0. The summed E-state index contributed by atoms with van der Waals surface area (Å²) in [6.45, 7) is 1.13. The number of primary amides is 1. The van der Waals surface area contributed by atoms with E-state index in [9.17, 15) is 9.59 Å². The zero-order chi connectivity index (χ0) is 10.3. The maximum absolute atomic E-state index is 11.0. The van der Waals surface area contributed by atoms with Gasteiger partial charge in [0.25, 0.3) is 0 Å². The number of rotatable bonds is 6. The topological polar surface area (TPSA) is 75.4 Å². The minimum atomic E-state index is -0.327. The van der Waals surface area contributed by atoms with Gasteiger partial charge in [0.2, 0.25) is 11.8 Å². The molecule has 0 aliphatic carbocycles. The Balaban J connectivity index is 3.26. The molecule has 0 atom stereocenters. The van der Waals surface area contributed by atoms with Crippen molar-refractivity contribution < 1.29 is 9.59 Å². The van der Waals surface area contributed by atoms with Crippen molar-refractivity contribution in [1.29, 1.82) is 0 Å². The molecule has 13 heavy (non-hydrogen) atoms. The molecule has 0 radical (unpaired) electrons. The predicted molar refractivity (Wildman–Crippen MR) is 50.0 cm³/mol. The molecule has 5 heteroatoms. The summed E-state index contributed by atoms with van der Waals surface area (Å²) >= 11 is 0. The fourth-order valence-electron chi connectivity index (χ4n) is 0.756. The molecule has 0 rings (SSSR count). The summed E-state index contributed by atoms with van der Waals surface area (Å²) in [5.74, 6) is -0.252. The van der Waals surface area contributed by atoms with E-state index < -0.39 is 0 Å². The average Bonchev–Trinajstić information content (AvgIpc) is 2.02. The Morgan fingerprint density at radius 2 is 1.77 bits per heavy atom. The van der Waals surface area contributed by atoms with Crippen LogP contribution in [0.25, 0.3) is 0 Å². The molecule has 0 spiro atoms. The Labute approximate surface area is 78.3 Å². The largest absolute Gasteiger partial charge is 0.370 e. The van der Waals surface area contributed by atoms with Crippen molar-refractivity contribution >= 4 is 11.8 Å². The van der Waals surface area contributed by atoms with Gasteiger partial charge in [-0.3, -0.25) is 9.59 Å². The number of nitrogens with two attached hydrogens (primary N) is 1. The first-order valence-electron chi connectivity index (χ1n) is 4.23. The van der Waals surface area contributed by atoms with Crippen molar-refractivity contribution in [1.82, 2.24) is 10.2 Å². The second-order valence-corrected chi connectivity index (χ2v) is 3.00. The highest BCUT2D eigenvalue weighted by Crippen LogP contribution is 1.84. The summed E-state index contributed by atoms with van der Waals surface area (Å²) in [6, 6.07) is 0. The van der Waals surface area contributed by atoms with Gasteiger partial charge in [-0.05, 0) is 0 Å². The predicted octanol–water partition coefficient (Wildman–Crippen LogP) is -1.07. The molecule has 0 saturated carbocycles. The van der Waals surface area contributed by atoms with Crippen LogP contribution in [0.15, 0.2) is 0 Å². The van der Waals surface area contributed by atoms with Gasteiger partial charge in [0.05, 0.1) is 0 Å². The molecule has 0 fully saturated rings. The summed E-state index contributed by atoms with van der Waals surface area (Å²) < 4.78 is 0. The maximum Gasteiger partial charge on any atom is 0.223 e. The van der Waals surface area contributed by atoms with Crippen molar-refractivity contribution in [2.45, 2.75) is 12.8 Å². The van der Waals surface area contributed by atoms with Gasteiger partial charge in [0, 0.05) is 40.0 Å². The SMILES string of the molecule is CN(C)C(=O)CCNCCC(N)=O. The van der Waals surface area contributed by atoms with Gasteiger partial charge in [0.15, 0.2) is 0 Å². The molecule has 0 aromatic heterocycles. The summed E-state index contributed by atoms with van der Waals surface area (Å²) in [7, 11) is 3.43. The molecule has 0 aliphatic heterocycles. The molecule has 0 saturated heterocycles. The van der Waals surface area contributed by atoms with Crippen LogP contribution in [0.2, 0.25) is 0 Å². The van der Waals surface area contributed by atoms with Gasteiger partial charge in [-0.1, -0.05) is 0 Å². The van der Waals surface area contributed by atoms with E-state index >= 15 is 0 Å². The lowest BCUT2D eigenvalue weighted by Gasteiger charge is -2.09. The van der Waals surface area contributed by atoms with Crippen molar-refractivity contribution in [2.75, 3.05) is 27.2 Å². The molecule has 3 N–H and O–H groups in total. The van der Waals surface area contributed by atoms with Gasteiger partial charge < -0.3 is 16.0 Å². The van der Waals surface area contributed by atoms with E-state index in [1.807, 2.05) is 0 Å². The molecule has 76 valence electrons. The summed E-state index contributed by atoms with van der Waals surface area (Å²) in [6.07, 6.45) is 0.766. The number of hydrogen-bond acceptors (Lipinski definition) is 3. The van der Waals surface area contributed by atoms with E-state index in [1.54, 1.807) is 14.1 Å². The van der Waals surface area contributed by atoms with Crippen molar-refractivity contribution in [3.05, 3.63) is 0 Å². The van der Waals surface area contributed by atoms with Gasteiger partial charge in [-0.25, -0.2) is 0 Å². The lowest BCUT2D eigenvalue weighted by atomic mass is 10.3. The Hall–Kier alpha value is -1.10. The highest BCUT2D eigenvalue weighted by atomic mass is 16.2. The highest BCUT2D eigenvalue weighted by molar-refractivity contribution is 5.75. The van der Waals surface area contributed by atoms with E-state index in [-0.39, 0.29) is 11.8 Å². The Bertz CT molecular complexity index is 180. The zero-order valence-corrected chi connectivity index (χ0v) is 8.17. The summed E-state index contributed by atoms with van der Waals surface area (Å²) in [4.78, 5) is 22.9. The molecule has 0 heterocycles. The first kappa shape index (κ1) is 11.9. The molecule has 0 aromatic carbocycles. The normalized spacial score (nSPS) is 9.69. The first-order valence-corrected chi connectivity index (χ1v) is 4.23. The Morgan fingerprint density at radius 1 is 1.23 bits per heavy atom. The molecule has 2 amide bonds. The van der Waals surface area contributed by atoms with Crippen LogP contribution in [0.5, 0.6) is 0 Å². The molecule has 0 unspecified atom stereocenters. The second-order valence-electron chi connectivity index (χ2n) is 3.00. The number of amides is 2. The zero-order valence-electron chi connectivity index (χ0n) is 8.17. The lowest BCUT2D eigenvalue weighted by Crippen LogP contribution is -2.28. The molecular formula is C8H17N3O2. The first-order chi connectivity index (χ1) is 6.04. The van der Waals surface area contributed by atoms with Crippen LogP contribution in [0.3, 0.4) is 0 Å². The number of nitrogens with one attached hydrogen (secondary N) is 1. The third-order valence-electron chi connectivity index (χ3n) is 1.56. The quantitative estimate of drug-likeness (QED) is 0.520.